The first-order valence-corrected chi connectivity index (χ1v) is 10.7. The van der Waals surface area contributed by atoms with Crippen LogP contribution < -0.4 is 10.1 Å². The second kappa shape index (κ2) is 12.6. The Morgan fingerprint density at radius 1 is 1.28 bits per heavy atom. The molecule has 0 radical (unpaired) electrons. The normalized spacial score (nSPS) is 16.3. The molecule has 1 aliphatic rings. The molecule has 9 nitrogen and oxygen atoms in total. The Kier molecular flexibility index (Phi) is 10.2. The second-order valence-corrected chi connectivity index (χ2v) is 7.60. The number of carbonyl (C=O) groups is 1. The average Bonchev–Trinajstić information content (AvgIpc) is 3.12. The quantitative estimate of drug-likeness (QED) is 0.243. The summed E-state index contributed by atoms with van der Waals surface area (Å²) in [7, 11) is 3.60. The van der Waals surface area contributed by atoms with Crippen LogP contribution in [0.2, 0.25) is 0 Å². The summed E-state index contributed by atoms with van der Waals surface area (Å²) >= 11 is 0. The molecule has 1 aliphatic heterocycles. The minimum absolute atomic E-state index is 0. The Morgan fingerprint density at radius 3 is 2.66 bits per heavy atom. The number of hydrogen-bond acceptors (Lipinski definition) is 6. The van der Waals surface area contributed by atoms with Crippen molar-refractivity contribution in [1.29, 1.82) is 0 Å². The van der Waals surface area contributed by atoms with Gasteiger partial charge in [0.25, 0.3) is 0 Å². The number of halogens is 1. The highest BCUT2D eigenvalue weighted by molar-refractivity contribution is 14.0. The van der Waals surface area contributed by atoms with E-state index in [4.69, 9.17) is 14.5 Å². The monoisotopic (exact) mass is 556 g/mol. The van der Waals surface area contributed by atoms with Gasteiger partial charge >= 0.3 is 5.97 Å². The molecule has 0 amide bonds. The number of rotatable bonds is 7. The van der Waals surface area contributed by atoms with E-state index in [0.717, 1.165) is 48.3 Å². The highest BCUT2D eigenvalue weighted by Gasteiger charge is 2.28. The Morgan fingerprint density at radius 2 is 2.03 bits per heavy atom. The van der Waals surface area contributed by atoms with Gasteiger partial charge in [0.1, 0.15) is 11.6 Å². The molecule has 1 aromatic carbocycles. The molecule has 1 fully saturated rings. The third-order valence-electron chi connectivity index (χ3n) is 5.50. The lowest BCUT2D eigenvalue weighted by Gasteiger charge is -2.34. The second-order valence-electron chi connectivity index (χ2n) is 7.60. The lowest BCUT2D eigenvalue weighted by atomic mass is 9.98. The van der Waals surface area contributed by atoms with Crippen LogP contribution in [0.4, 0.5) is 0 Å². The van der Waals surface area contributed by atoms with Gasteiger partial charge in [-0.3, -0.25) is 4.79 Å². The fourth-order valence-corrected chi connectivity index (χ4v) is 3.55. The number of benzene rings is 1. The van der Waals surface area contributed by atoms with Gasteiger partial charge in [0.15, 0.2) is 11.8 Å². The molecule has 1 atom stereocenters. The van der Waals surface area contributed by atoms with Gasteiger partial charge in [-0.05, 0) is 44.4 Å². The van der Waals surface area contributed by atoms with Crippen molar-refractivity contribution in [3.63, 3.8) is 0 Å². The number of likely N-dealkylation sites (tertiary alicyclic amines) is 1. The van der Waals surface area contributed by atoms with Gasteiger partial charge in [-0.1, -0.05) is 12.1 Å². The van der Waals surface area contributed by atoms with Crippen LogP contribution in [0, 0.1) is 12.8 Å². The molecule has 176 valence electrons. The van der Waals surface area contributed by atoms with Crippen LogP contribution in [-0.2, 0) is 29.7 Å². The van der Waals surface area contributed by atoms with E-state index in [1.165, 1.54) is 0 Å². The molecule has 0 bridgehead atoms. The molecular formula is C22H33IN6O3. The van der Waals surface area contributed by atoms with Crippen molar-refractivity contribution in [3.05, 3.63) is 41.5 Å². The summed E-state index contributed by atoms with van der Waals surface area (Å²) in [5.74, 6) is 2.98. The molecule has 2 aromatic rings. The molecule has 2 heterocycles. The summed E-state index contributed by atoms with van der Waals surface area (Å²) in [6.45, 7) is 6.60. The standard InChI is InChI=1S/C22H32N6O3.HI/c1-5-31-21(29)18-7-6-12-28(15-18)22(24-14-20-26-25-16(2)27(20)3)23-13-17-8-10-19(30-4)11-9-17;/h8-11,18H,5-7,12-15H2,1-4H3,(H,23,24);1H. The SMILES string of the molecule is CCOC(=O)C1CCCN(C(=NCc2ccc(OC)cc2)NCc2nnc(C)n2C)C1.I. The van der Waals surface area contributed by atoms with Gasteiger partial charge in [0.05, 0.1) is 32.7 Å². The molecule has 0 aliphatic carbocycles. The van der Waals surface area contributed by atoms with Crippen LogP contribution in [0.1, 0.15) is 37.0 Å². The van der Waals surface area contributed by atoms with Crippen LogP contribution in [0.25, 0.3) is 0 Å². The number of aryl methyl sites for hydroxylation is 1. The predicted octanol–water partition coefficient (Wildman–Crippen LogP) is 2.67. The number of ether oxygens (including phenoxy) is 2. The lowest BCUT2D eigenvalue weighted by Crippen LogP contribution is -2.48. The minimum atomic E-state index is -0.140. The van der Waals surface area contributed by atoms with E-state index in [-0.39, 0.29) is 35.9 Å². The van der Waals surface area contributed by atoms with Crippen molar-refractivity contribution in [2.75, 3.05) is 26.8 Å². The number of piperidine rings is 1. The molecular weight excluding hydrogens is 523 g/mol. The summed E-state index contributed by atoms with van der Waals surface area (Å²) in [6.07, 6.45) is 1.75. The summed E-state index contributed by atoms with van der Waals surface area (Å²) in [6, 6.07) is 7.86. The Bertz CT molecular complexity index is 900. The first kappa shape index (κ1) is 25.9. The highest BCUT2D eigenvalue weighted by atomic mass is 127. The largest absolute Gasteiger partial charge is 0.497 e. The van der Waals surface area contributed by atoms with Gasteiger partial charge < -0.3 is 24.3 Å². The smallest absolute Gasteiger partial charge is 0.310 e. The van der Waals surface area contributed by atoms with Crippen LogP contribution in [0.3, 0.4) is 0 Å². The molecule has 32 heavy (non-hydrogen) atoms. The Hall–Kier alpha value is -2.37. The molecule has 1 unspecified atom stereocenters. The number of esters is 1. The summed E-state index contributed by atoms with van der Waals surface area (Å²) in [5.41, 5.74) is 1.08. The van der Waals surface area contributed by atoms with Crippen molar-refractivity contribution >= 4 is 35.9 Å². The number of aliphatic imine (C=N–C) groups is 1. The molecule has 1 aromatic heterocycles. The van der Waals surface area contributed by atoms with E-state index in [9.17, 15) is 4.79 Å². The van der Waals surface area contributed by atoms with Crippen LogP contribution in [0.5, 0.6) is 5.75 Å². The van der Waals surface area contributed by atoms with E-state index in [0.29, 0.717) is 26.2 Å². The van der Waals surface area contributed by atoms with Gasteiger partial charge in [0.2, 0.25) is 0 Å². The first-order valence-electron chi connectivity index (χ1n) is 10.7. The van der Waals surface area contributed by atoms with Crippen LogP contribution in [-0.4, -0.2) is 58.4 Å². The summed E-state index contributed by atoms with van der Waals surface area (Å²) in [5, 5.41) is 11.8. The van der Waals surface area contributed by atoms with Gasteiger partial charge in [-0.2, -0.15) is 0 Å². The third-order valence-corrected chi connectivity index (χ3v) is 5.50. The third kappa shape index (κ3) is 6.81. The number of hydrogen-bond donors (Lipinski definition) is 1. The van der Waals surface area contributed by atoms with Gasteiger partial charge in [0, 0.05) is 20.1 Å². The maximum absolute atomic E-state index is 12.3. The van der Waals surface area contributed by atoms with E-state index in [1.54, 1.807) is 7.11 Å². The molecule has 1 N–H and O–H groups in total. The molecule has 3 rings (SSSR count). The topological polar surface area (TPSA) is 93.9 Å². The number of nitrogens with zero attached hydrogens (tertiary/aromatic N) is 5. The van der Waals surface area contributed by atoms with E-state index in [1.807, 2.05) is 49.7 Å². The Balaban J connectivity index is 0.00000363. The zero-order valence-corrected chi connectivity index (χ0v) is 21.5. The number of methoxy groups -OCH3 is 1. The predicted molar refractivity (Wildman–Crippen MR) is 133 cm³/mol. The zero-order valence-electron chi connectivity index (χ0n) is 19.2. The first-order chi connectivity index (χ1) is 15.0. The van der Waals surface area contributed by atoms with E-state index < -0.39 is 0 Å². The summed E-state index contributed by atoms with van der Waals surface area (Å²) < 4.78 is 12.4. The van der Waals surface area contributed by atoms with Gasteiger partial charge in [-0.25, -0.2) is 4.99 Å². The number of carbonyl (C=O) groups excluding carboxylic acids is 1. The molecule has 0 spiro atoms. The highest BCUT2D eigenvalue weighted by Crippen LogP contribution is 2.19. The van der Waals surface area contributed by atoms with Crippen LogP contribution >= 0.6 is 24.0 Å². The zero-order chi connectivity index (χ0) is 22.2. The molecule has 1 saturated heterocycles. The fourth-order valence-electron chi connectivity index (χ4n) is 3.55. The maximum Gasteiger partial charge on any atom is 0.310 e. The van der Waals surface area contributed by atoms with E-state index >= 15 is 0 Å². The summed E-state index contributed by atoms with van der Waals surface area (Å²) in [4.78, 5) is 19.3. The van der Waals surface area contributed by atoms with Crippen molar-refractivity contribution in [3.8, 4) is 5.75 Å². The Labute approximate surface area is 206 Å². The average molecular weight is 556 g/mol. The minimum Gasteiger partial charge on any atom is -0.497 e. The lowest BCUT2D eigenvalue weighted by molar-refractivity contribution is -0.149. The number of guanidine groups is 1. The number of nitrogens with one attached hydrogen (secondary N) is 1. The van der Waals surface area contributed by atoms with Crippen LogP contribution in [0.15, 0.2) is 29.3 Å². The van der Waals surface area contributed by atoms with Crippen molar-refractivity contribution in [2.24, 2.45) is 18.0 Å². The van der Waals surface area contributed by atoms with E-state index in [2.05, 4.69) is 20.4 Å². The number of aromatic nitrogens is 3. The van der Waals surface area contributed by atoms with Crippen molar-refractivity contribution in [1.82, 2.24) is 25.0 Å². The van der Waals surface area contributed by atoms with Gasteiger partial charge in [-0.15, -0.1) is 34.2 Å². The molecule has 0 saturated carbocycles. The fraction of sp³-hybridized carbons (Fsp3) is 0.545. The maximum atomic E-state index is 12.3. The van der Waals surface area contributed by atoms with Crippen molar-refractivity contribution < 1.29 is 14.3 Å². The van der Waals surface area contributed by atoms with Crippen molar-refractivity contribution in [2.45, 2.75) is 39.8 Å². The molecule has 10 heteroatoms.